The third-order valence-corrected chi connectivity index (χ3v) is 3.76. The van der Waals surface area contributed by atoms with E-state index in [1.54, 1.807) is 6.20 Å². The van der Waals surface area contributed by atoms with Gasteiger partial charge in [-0.25, -0.2) is 0 Å². The topological polar surface area (TPSA) is 38.7 Å². The zero-order valence-electron chi connectivity index (χ0n) is 6.10. The van der Waals surface area contributed by atoms with Crippen LogP contribution in [0.25, 0.3) is 0 Å². The maximum absolute atomic E-state index is 3.98. The van der Waals surface area contributed by atoms with Crippen LogP contribution < -0.4 is 0 Å². The Morgan fingerprint density at radius 1 is 1.45 bits per heavy atom. The molecule has 0 saturated carbocycles. The Hall–Kier alpha value is -0.770. The van der Waals surface area contributed by atoms with Gasteiger partial charge < -0.3 is 0 Å². The van der Waals surface area contributed by atoms with Crippen molar-refractivity contribution in [2.75, 3.05) is 5.75 Å². The Morgan fingerprint density at radius 3 is 3.09 bits per heavy atom. The van der Waals surface area contributed by atoms with Crippen LogP contribution in [0.4, 0.5) is 0 Å². The SMILES string of the molecule is C1=S(c2ccnnn2)CCC1. The number of aromatic nitrogens is 3. The van der Waals surface area contributed by atoms with Gasteiger partial charge in [0.2, 0.25) is 0 Å². The molecule has 0 aromatic carbocycles. The summed E-state index contributed by atoms with van der Waals surface area (Å²) in [6, 6.07) is 1.96. The van der Waals surface area contributed by atoms with E-state index in [1.807, 2.05) is 6.07 Å². The van der Waals surface area contributed by atoms with Crippen molar-refractivity contribution in [3.8, 4) is 0 Å². The van der Waals surface area contributed by atoms with Crippen LogP contribution in [0, 0.1) is 0 Å². The predicted octanol–water partition coefficient (Wildman–Crippen LogP) is 1.10. The lowest BCUT2D eigenvalue weighted by Gasteiger charge is -1.98. The first kappa shape index (κ1) is 6.91. The van der Waals surface area contributed by atoms with Crippen molar-refractivity contribution in [2.24, 2.45) is 0 Å². The van der Waals surface area contributed by atoms with Crippen LogP contribution in [0.2, 0.25) is 0 Å². The minimum Gasteiger partial charge on any atom is -0.139 e. The van der Waals surface area contributed by atoms with E-state index in [0.29, 0.717) is 0 Å². The molecule has 0 fully saturated rings. The van der Waals surface area contributed by atoms with E-state index in [1.165, 1.54) is 18.6 Å². The fourth-order valence-corrected chi connectivity index (χ4v) is 2.96. The molecular formula is C7H9N3S. The first-order chi connectivity index (χ1) is 5.47. The van der Waals surface area contributed by atoms with Crippen LogP contribution in [-0.4, -0.2) is 26.5 Å². The zero-order chi connectivity index (χ0) is 7.52. The highest BCUT2D eigenvalue weighted by atomic mass is 32.2. The number of hydrogen-bond donors (Lipinski definition) is 0. The summed E-state index contributed by atoms with van der Waals surface area (Å²) >= 11 is 0. The van der Waals surface area contributed by atoms with Gasteiger partial charge in [0.25, 0.3) is 0 Å². The van der Waals surface area contributed by atoms with Gasteiger partial charge in [0.1, 0.15) is 5.03 Å². The third-order valence-electron chi connectivity index (χ3n) is 1.63. The maximum Gasteiger partial charge on any atom is 0.116 e. The largest absolute Gasteiger partial charge is 0.139 e. The lowest BCUT2D eigenvalue weighted by molar-refractivity contribution is 0.803. The van der Waals surface area contributed by atoms with Gasteiger partial charge in [0.15, 0.2) is 0 Å². The Balaban J connectivity index is 2.29. The van der Waals surface area contributed by atoms with Crippen LogP contribution in [0.15, 0.2) is 17.3 Å². The number of nitrogens with zero attached hydrogens (tertiary/aromatic N) is 3. The summed E-state index contributed by atoms with van der Waals surface area (Å²) in [4.78, 5) is 0. The predicted molar refractivity (Wildman–Crippen MR) is 45.8 cm³/mol. The minimum atomic E-state index is 0.271. The molecule has 1 aromatic rings. The molecule has 1 aromatic heterocycles. The third kappa shape index (κ3) is 1.45. The van der Waals surface area contributed by atoms with Gasteiger partial charge in [0, 0.05) is 0 Å². The second kappa shape index (κ2) is 3.09. The number of hydrogen-bond acceptors (Lipinski definition) is 3. The van der Waals surface area contributed by atoms with Gasteiger partial charge in [0.05, 0.1) is 6.20 Å². The number of rotatable bonds is 1. The fraction of sp³-hybridized carbons (Fsp3) is 0.429. The van der Waals surface area contributed by atoms with Crippen LogP contribution >= 0.6 is 10.5 Å². The summed E-state index contributed by atoms with van der Waals surface area (Å²) in [5, 5.41) is 14.7. The van der Waals surface area contributed by atoms with Crippen molar-refractivity contribution in [3.63, 3.8) is 0 Å². The van der Waals surface area contributed by atoms with Crippen molar-refractivity contribution < 1.29 is 0 Å². The monoisotopic (exact) mass is 167 g/mol. The van der Waals surface area contributed by atoms with Crippen LogP contribution in [-0.2, 0) is 0 Å². The molecule has 0 aliphatic carbocycles. The molecule has 1 aliphatic rings. The van der Waals surface area contributed by atoms with E-state index >= 15 is 0 Å². The highest BCUT2D eigenvalue weighted by molar-refractivity contribution is 8.15. The fourth-order valence-electron chi connectivity index (χ4n) is 1.11. The summed E-state index contributed by atoms with van der Waals surface area (Å²) in [5.74, 6) is 1.25. The van der Waals surface area contributed by atoms with Crippen molar-refractivity contribution in [1.82, 2.24) is 15.4 Å². The molecule has 0 spiro atoms. The van der Waals surface area contributed by atoms with Crippen molar-refractivity contribution in [3.05, 3.63) is 12.3 Å². The van der Waals surface area contributed by atoms with Crippen LogP contribution in [0.3, 0.4) is 0 Å². The normalized spacial score (nSPS) is 23.1. The van der Waals surface area contributed by atoms with Gasteiger partial charge in [-0.15, -0.1) is 20.7 Å². The molecule has 1 aliphatic heterocycles. The van der Waals surface area contributed by atoms with E-state index in [9.17, 15) is 0 Å². The first-order valence-electron chi connectivity index (χ1n) is 3.64. The Morgan fingerprint density at radius 2 is 2.45 bits per heavy atom. The quantitative estimate of drug-likeness (QED) is 0.588. The molecule has 1 atom stereocenters. The average molecular weight is 167 g/mol. The van der Waals surface area contributed by atoms with E-state index in [-0.39, 0.29) is 10.5 Å². The Bertz CT molecular complexity index is 270. The van der Waals surface area contributed by atoms with Crippen LogP contribution in [0.5, 0.6) is 0 Å². The Labute approximate surface area is 67.8 Å². The lowest BCUT2D eigenvalue weighted by Crippen LogP contribution is -1.88. The molecule has 0 N–H and O–H groups in total. The molecule has 1 unspecified atom stereocenters. The smallest absolute Gasteiger partial charge is 0.116 e. The zero-order valence-corrected chi connectivity index (χ0v) is 6.92. The van der Waals surface area contributed by atoms with Gasteiger partial charge in [-0.3, -0.25) is 0 Å². The molecule has 3 nitrogen and oxygen atoms in total. The summed E-state index contributed by atoms with van der Waals surface area (Å²) in [7, 11) is 0.271. The second-order valence-electron chi connectivity index (χ2n) is 2.40. The Kier molecular flexibility index (Phi) is 1.94. The van der Waals surface area contributed by atoms with Crippen molar-refractivity contribution >= 4 is 15.9 Å². The summed E-state index contributed by atoms with van der Waals surface area (Å²) < 4.78 is 0. The van der Waals surface area contributed by atoms with Crippen molar-refractivity contribution in [2.45, 2.75) is 17.9 Å². The molecule has 0 radical (unpaired) electrons. The molecule has 2 rings (SSSR count). The van der Waals surface area contributed by atoms with E-state index < -0.39 is 0 Å². The van der Waals surface area contributed by atoms with Crippen molar-refractivity contribution in [1.29, 1.82) is 0 Å². The highest BCUT2D eigenvalue weighted by Gasteiger charge is 2.05. The second-order valence-corrected chi connectivity index (χ2v) is 4.42. The molecule has 0 amide bonds. The average Bonchev–Trinajstić information content (AvgIpc) is 2.58. The molecular weight excluding hydrogens is 158 g/mol. The minimum absolute atomic E-state index is 0.271. The summed E-state index contributed by atoms with van der Waals surface area (Å²) in [5.41, 5.74) is 0. The van der Waals surface area contributed by atoms with Gasteiger partial charge in [-0.05, 0) is 29.9 Å². The van der Waals surface area contributed by atoms with Gasteiger partial charge >= 0.3 is 0 Å². The van der Waals surface area contributed by atoms with E-state index in [2.05, 4.69) is 20.8 Å². The van der Waals surface area contributed by atoms with Gasteiger partial charge in [-0.1, -0.05) is 5.37 Å². The summed E-state index contributed by atoms with van der Waals surface area (Å²) in [6.45, 7) is 0. The van der Waals surface area contributed by atoms with Gasteiger partial charge in [-0.2, -0.15) is 0 Å². The molecule has 4 heteroatoms. The molecule has 0 bridgehead atoms. The standard InChI is InChI=1S/C7H9N3S/c1-2-6-11(5-1)7-3-4-8-10-9-7/h3-5H,1-2,6H2. The molecule has 2 heterocycles. The molecule has 58 valence electrons. The maximum atomic E-state index is 3.98. The molecule has 11 heavy (non-hydrogen) atoms. The van der Waals surface area contributed by atoms with Crippen LogP contribution in [0.1, 0.15) is 12.8 Å². The first-order valence-corrected chi connectivity index (χ1v) is 5.10. The lowest BCUT2D eigenvalue weighted by atomic mass is 10.4. The van der Waals surface area contributed by atoms with E-state index in [0.717, 1.165) is 5.03 Å². The van der Waals surface area contributed by atoms with E-state index in [4.69, 9.17) is 0 Å². The summed E-state index contributed by atoms with van der Waals surface area (Å²) in [6.07, 6.45) is 4.24. The molecule has 0 saturated heterocycles. The highest BCUT2D eigenvalue weighted by Crippen LogP contribution is 2.28.